The van der Waals surface area contributed by atoms with Crippen LogP contribution in [0.5, 0.6) is 5.75 Å². The van der Waals surface area contributed by atoms with Crippen LogP contribution in [0.1, 0.15) is 34.8 Å². The number of fused-ring (bicyclic) bond motifs is 1. The molecule has 38 heavy (non-hydrogen) atoms. The van der Waals surface area contributed by atoms with Gasteiger partial charge in [-0.25, -0.2) is 4.99 Å². The topological polar surface area (TPSA) is 89.0 Å². The molecule has 0 radical (unpaired) electrons. The maximum atomic E-state index is 13.4. The Morgan fingerprint density at radius 2 is 1.71 bits per heavy atom. The number of aliphatic imine (C=N–C) groups is 1. The molecule has 0 saturated carbocycles. The lowest BCUT2D eigenvalue weighted by Crippen LogP contribution is -2.42. The van der Waals surface area contributed by atoms with Crippen LogP contribution in [-0.2, 0) is 9.53 Å². The van der Waals surface area contributed by atoms with Crippen molar-refractivity contribution in [2.45, 2.75) is 19.5 Å². The number of hydrogen-bond donors (Lipinski definition) is 2. The molecule has 1 heterocycles. The number of benzene rings is 3. The number of nitrogens with one attached hydrogen (secondary N) is 2. The van der Waals surface area contributed by atoms with E-state index in [2.05, 4.69) is 15.6 Å². The average molecular weight is 595 g/mol. The van der Waals surface area contributed by atoms with Gasteiger partial charge in [-0.2, -0.15) is 0 Å². The molecule has 1 aliphatic rings. The summed E-state index contributed by atoms with van der Waals surface area (Å²) >= 11 is 25.3. The Kier molecular flexibility index (Phi) is 9.52. The Morgan fingerprint density at radius 1 is 0.974 bits per heavy atom. The average Bonchev–Trinajstić information content (AvgIpc) is 3.00. The van der Waals surface area contributed by atoms with Crippen molar-refractivity contribution >= 4 is 69.6 Å². The van der Waals surface area contributed by atoms with Crippen molar-refractivity contribution < 1.29 is 19.1 Å². The summed E-state index contributed by atoms with van der Waals surface area (Å²) < 4.78 is 11.2. The number of halogens is 4. The predicted octanol–water partition coefficient (Wildman–Crippen LogP) is 6.65. The Bertz CT molecular complexity index is 1370. The van der Waals surface area contributed by atoms with Crippen LogP contribution < -0.4 is 15.4 Å². The fourth-order valence-electron chi connectivity index (χ4n) is 3.79. The minimum Gasteiger partial charge on any atom is -0.490 e. The van der Waals surface area contributed by atoms with E-state index in [9.17, 15) is 9.59 Å². The highest BCUT2D eigenvalue weighted by Crippen LogP contribution is 2.34. The van der Waals surface area contributed by atoms with Gasteiger partial charge in [0.2, 0.25) is 6.17 Å². The van der Waals surface area contributed by atoms with Crippen LogP contribution >= 0.6 is 46.4 Å². The molecule has 1 unspecified atom stereocenters. The summed E-state index contributed by atoms with van der Waals surface area (Å²) in [6, 6.07) is 14.7. The number of benzodiazepines with no additional fused rings is 1. The van der Waals surface area contributed by atoms with E-state index in [4.69, 9.17) is 55.9 Å². The second-order valence-corrected chi connectivity index (χ2v) is 9.92. The van der Waals surface area contributed by atoms with Crippen molar-refractivity contribution in [2.75, 3.05) is 25.1 Å². The third-order valence-corrected chi connectivity index (χ3v) is 6.53. The molecular formula is C27H23Cl4N3O4. The number of carbonyl (C=O) groups excluding carboxylic acids is 2. The number of para-hydroxylation sites is 1. The molecule has 1 atom stereocenters. The van der Waals surface area contributed by atoms with Crippen LogP contribution in [0.2, 0.25) is 20.1 Å². The van der Waals surface area contributed by atoms with Crippen molar-refractivity contribution in [1.82, 2.24) is 5.32 Å². The van der Waals surface area contributed by atoms with Crippen molar-refractivity contribution in [1.29, 1.82) is 0 Å². The number of amides is 2. The van der Waals surface area contributed by atoms with Gasteiger partial charge in [-0.1, -0.05) is 71.5 Å². The van der Waals surface area contributed by atoms with Gasteiger partial charge in [0.25, 0.3) is 11.8 Å². The van der Waals surface area contributed by atoms with Gasteiger partial charge in [0.05, 0.1) is 33.6 Å². The second kappa shape index (κ2) is 12.8. The summed E-state index contributed by atoms with van der Waals surface area (Å²) in [5.41, 5.74) is 1.88. The molecule has 0 bridgehead atoms. The van der Waals surface area contributed by atoms with E-state index in [0.29, 0.717) is 45.8 Å². The maximum Gasteiger partial charge on any atom is 0.269 e. The molecule has 0 spiro atoms. The van der Waals surface area contributed by atoms with E-state index in [0.717, 1.165) is 6.42 Å². The van der Waals surface area contributed by atoms with Crippen LogP contribution in [0.4, 0.5) is 5.69 Å². The zero-order valence-corrected chi connectivity index (χ0v) is 23.2. The van der Waals surface area contributed by atoms with Crippen LogP contribution in [0.25, 0.3) is 0 Å². The predicted molar refractivity (Wildman–Crippen MR) is 151 cm³/mol. The molecule has 2 amide bonds. The van der Waals surface area contributed by atoms with Gasteiger partial charge in [-0.05, 0) is 42.8 Å². The first kappa shape index (κ1) is 28.2. The lowest BCUT2D eigenvalue weighted by atomic mass is 10.0. The first-order chi connectivity index (χ1) is 18.3. The lowest BCUT2D eigenvalue weighted by molar-refractivity contribution is -0.117. The van der Waals surface area contributed by atoms with Crippen molar-refractivity contribution in [3.8, 4) is 5.75 Å². The SMILES string of the molecule is CCCOCCOc1ccc(Cl)cc1C(=O)NC1N=C(c2c(Cl)cc(Cl)cc2Cl)c2ccccc2NC1=O. The van der Waals surface area contributed by atoms with Crippen LogP contribution in [-0.4, -0.2) is 43.5 Å². The Balaban J connectivity index is 1.68. The van der Waals surface area contributed by atoms with Gasteiger partial charge in [0.15, 0.2) is 0 Å². The molecule has 3 aromatic carbocycles. The molecule has 1 aliphatic heterocycles. The van der Waals surface area contributed by atoms with E-state index < -0.39 is 18.0 Å². The second-order valence-electron chi connectivity index (χ2n) is 8.23. The number of carbonyl (C=O) groups is 2. The quantitative estimate of drug-likeness (QED) is 0.271. The minimum atomic E-state index is -1.33. The van der Waals surface area contributed by atoms with Gasteiger partial charge in [0, 0.05) is 27.8 Å². The van der Waals surface area contributed by atoms with Gasteiger partial charge in [0.1, 0.15) is 12.4 Å². The normalized spacial score (nSPS) is 14.7. The van der Waals surface area contributed by atoms with E-state index in [1.807, 2.05) is 6.92 Å². The highest BCUT2D eigenvalue weighted by atomic mass is 35.5. The number of nitrogens with zero attached hydrogens (tertiary/aromatic N) is 1. The summed E-state index contributed by atoms with van der Waals surface area (Å²) in [4.78, 5) is 31.1. The molecule has 11 heteroatoms. The zero-order valence-electron chi connectivity index (χ0n) is 20.2. The first-order valence-electron chi connectivity index (χ1n) is 11.7. The van der Waals surface area contributed by atoms with Gasteiger partial charge >= 0.3 is 0 Å². The third kappa shape index (κ3) is 6.60. The molecule has 7 nitrogen and oxygen atoms in total. The number of anilines is 1. The monoisotopic (exact) mass is 593 g/mol. The van der Waals surface area contributed by atoms with E-state index in [-0.39, 0.29) is 28.0 Å². The Hall–Kier alpha value is -2.81. The fourth-order valence-corrected chi connectivity index (χ4v) is 4.95. The zero-order chi connectivity index (χ0) is 27.2. The summed E-state index contributed by atoms with van der Waals surface area (Å²) in [6.07, 6.45) is -0.441. The van der Waals surface area contributed by atoms with Crippen molar-refractivity contribution in [3.63, 3.8) is 0 Å². The molecule has 2 N–H and O–H groups in total. The molecule has 0 saturated heterocycles. The fraction of sp³-hybridized carbons (Fsp3) is 0.222. The molecule has 3 aromatic rings. The molecule has 0 fully saturated rings. The smallest absolute Gasteiger partial charge is 0.269 e. The van der Waals surface area contributed by atoms with E-state index >= 15 is 0 Å². The van der Waals surface area contributed by atoms with Crippen LogP contribution in [0, 0.1) is 0 Å². The molecular weight excluding hydrogens is 572 g/mol. The third-order valence-electron chi connectivity index (χ3n) is 5.48. The maximum absolute atomic E-state index is 13.4. The van der Waals surface area contributed by atoms with E-state index in [1.165, 1.54) is 18.2 Å². The molecule has 0 aromatic heterocycles. The van der Waals surface area contributed by atoms with Gasteiger partial charge < -0.3 is 20.1 Å². The lowest BCUT2D eigenvalue weighted by Gasteiger charge is -2.16. The summed E-state index contributed by atoms with van der Waals surface area (Å²) in [5.74, 6) is -0.878. The van der Waals surface area contributed by atoms with Crippen molar-refractivity contribution in [3.05, 3.63) is 91.4 Å². The highest BCUT2D eigenvalue weighted by Gasteiger charge is 2.30. The Morgan fingerprint density at radius 3 is 2.45 bits per heavy atom. The standard InChI is InChI=1S/C27H23Cl4N3O4/c1-2-9-37-10-11-38-22-8-7-15(28)12-18(22)26(35)34-25-27(36)32-21-6-4-3-5-17(21)24(33-25)23-19(30)13-16(29)14-20(23)31/h3-8,12-14,25H,2,9-11H2,1H3,(H,32,36)(H,34,35). The highest BCUT2D eigenvalue weighted by molar-refractivity contribution is 6.44. The number of ether oxygens (including phenoxy) is 2. The Labute approximate surface area is 240 Å². The first-order valence-corrected chi connectivity index (χ1v) is 13.2. The van der Waals surface area contributed by atoms with E-state index in [1.54, 1.807) is 36.4 Å². The largest absolute Gasteiger partial charge is 0.490 e. The number of hydrogen-bond acceptors (Lipinski definition) is 5. The van der Waals surface area contributed by atoms with Crippen LogP contribution in [0.3, 0.4) is 0 Å². The molecule has 0 aliphatic carbocycles. The summed E-state index contributed by atoms with van der Waals surface area (Å²) in [6.45, 7) is 3.21. The molecule has 198 valence electrons. The van der Waals surface area contributed by atoms with Gasteiger partial charge in [-0.3, -0.25) is 9.59 Å². The number of rotatable bonds is 9. The summed E-state index contributed by atoms with van der Waals surface area (Å²) in [7, 11) is 0. The minimum absolute atomic E-state index is 0.141. The summed E-state index contributed by atoms with van der Waals surface area (Å²) in [5, 5.41) is 6.63. The van der Waals surface area contributed by atoms with Crippen LogP contribution in [0.15, 0.2) is 59.6 Å². The molecule has 4 rings (SSSR count). The van der Waals surface area contributed by atoms with Gasteiger partial charge in [-0.15, -0.1) is 0 Å². The van der Waals surface area contributed by atoms with Crippen molar-refractivity contribution in [2.24, 2.45) is 4.99 Å².